The average Bonchev–Trinajstić information content (AvgIpc) is 2.74. The summed E-state index contributed by atoms with van der Waals surface area (Å²) in [4.78, 5) is 4.45. The topological polar surface area (TPSA) is 20.2 Å². The van der Waals surface area contributed by atoms with Gasteiger partial charge in [0.2, 0.25) is 0 Å². The van der Waals surface area contributed by atoms with Gasteiger partial charge in [0.25, 0.3) is 0 Å². The number of hydrogen-bond acceptors (Lipinski definition) is 3. The van der Waals surface area contributed by atoms with Crippen molar-refractivity contribution in [1.82, 2.24) is 0 Å². The summed E-state index contributed by atoms with van der Waals surface area (Å²) in [6, 6.07) is 6.03. The molecule has 2 rings (SSSR count). The molecule has 0 bridgehead atoms. The van der Waals surface area contributed by atoms with Gasteiger partial charge in [0.15, 0.2) is 0 Å². The molecule has 1 atom stereocenters. The highest BCUT2D eigenvalue weighted by molar-refractivity contribution is 9.10. The number of thiophene rings is 2. The Balaban J connectivity index is 2.31. The van der Waals surface area contributed by atoms with Gasteiger partial charge in [-0.1, -0.05) is 0 Å². The highest BCUT2D eigenvalue weighted by Crippen LogP contribution is 2.35. The van der Waals surface area contributed by atoms with Gasteiger partial charge >= 0.3 is 0 Å². The Morgan fingerprint density at radius 3 is 2.40 bits per heavy atom. The third kappa shape index (κ3) is 2.33. The number of halogens is 1. The number of aryl methyl sites for hydroxylation is 2. The summed E-state index contributed by atoms with van der Waals surface area (Å²) in [6.45, 7) is 4.10. The van der Waals surface area contributed by atoms with Crippen molar-refractivity contribution in [3.8, 4) is 0 Å². The van der Waals surface area contributed by atoms with Crippen LogP contribution in [0.4, 0.5) is 0 Å². The van der Waals surface area contributed by atoms with Crippen molar-refractivity contribution in [3.05, 3.63) is 42.2 Å². The maximum absolute atomic E-state index is 10.1. The molecule has 4 heteroatoms. The predicted molar refractivity (Wildman–Crippen MR) is 69.9 cm³/mol. The van der Waals surface area contributed by atoms with Crippen LogP contribution in [-0.2, 0) is 0 Å². The maximum atomic E-state index is 10.1. The van der Waals surface area contributed by atoms with Gasteiger partial charge in [-0.05, 0) is 48.0 Å². The third-order valence-electron chi connectivity index (χ3n) is 2.18. The van der Waals surface area contributed by atoms with Crippen LogP contribution in [-0.4, -0.2) is 5.11 Å². The van der Waals surface area contributed by atoms with Crippen molar-refractivity contribution in [2.75, 3.05) is 0 Å². The van der Waals surface area contributed by atoms with Gasteiger partial charge in [-0.15, -0.1) is 22.7 Å². The summed E-state index contributed by atoms with van der Waals surface area (Å²) in [6.07, 6.45) is -0.473. The van der Waals surface area contributed by atoms with Gasteiger partial charge in [-0.25, -0.2) is 0 Å². The number of rotatable bonds is 2. The second-order valence-electron chi connectivity index (χ2n) is 3.40. The SMILES string of the molecule is Cc1ccc(C(O)c2cc(Br)c(C)s2)s1. The molecule has 1 N–H and O–H groups in total. The lowest BCUT2D eigenvalue weighted by Crippen LogP contribution is -1.92. The van der Waals surface area contributed by atoms with Gasteiger partial charge in [0, 0.05) is 24.0 Å². The van der Waals surface area contributed by atoms with E-state index in [0.717, 1.165) is 14.2 Å². The van der Waals surface area contributed by atoms with Gasteiger partial charge in [0.1, 0.15) is 6.10 Å². The minimum atomic E-state index is -0.473. The first-order valence-corrected chi connectivity index (χ1v) is 7.01. The summed E-state index contributed by atoms with van der Waals surface area (Å²) >= 11 is 6.75. The van der Waals surface area contributed by atoms with E-state index in [4.69, 9.17) is 0 Å². The lowest BCUT2D eigenvalue weighted by atomic mass is 10.2. The Hall–Kier alpha value is -0.160. The van der Waals surface area contributed by atoms with Gasteiger partial charge < -0.3 is 5.11 Å². The molecule has 0 aliphatic rings. The van der Waals surface area contributed by atoms with E-state index in [9.17, 15) is 5.11 Å². The summed E-state index contributed by atoms with van der Waals surface area (Å²) < 4.78 is 1.08. The van der Waals surface area contributed by atoms with Crippen molar-refractivity contribution < 1.29 is 5.11 Å². The second-order valence-corrected chi connectivity index (χ2v) is 6.87. The zero-order valence-electron chi connectivity index (χ0n) is 8.45. The van der Waals surface area contributed by atoms with Crippen molar-refractivity contribution in [1.29, 1.82) is 0 Å². The minimum Gasteiger partial charge on any atom is -0.382 e. The Labute approximate surface area is 106 Å². The minimum absolute atomic E-state index is 0.473. The molecule has 2 aromatic heterocycles. The molecule has 0 amide bonds. The molecule has 15 heavy (non-hydrogen) atoms. The summed E-state index contributed by atoms with van der Waals surface area (Å²) in [5.74, 6) is 0. The number of aliphatic hydroxyl groups excluding tert-OH is 1. The average molecular weight is 303 g/mol. The molecule has 80 valence electrons. The van der Waals surface area contributed by atoms with Crippen LogP contribution >= 0.6 is 38.6 Å². The van der Waals surface area contributed by atoms with E-state index in [1.165, 1.54) is 9.75 Å². The molecule has 0 saturated heterocycles. The van der Waals surface area contributed by atoms with E-state index in [2.05, 4.69) is 22.9 Å². The van der Waals surface area contributed by atoms with Crippen molar-refractivity contribution in [2.45, 2.75) is 20.0 Å². The Morgan fingerprint density at radius 1 is 1.20 bits per heavy atom. The highest BCUT2D eigenvalue weighted by Gasteiger charge is 2.15. The normalized spacial score (nSPS) is 13.1. The monoisotopic (exact) mass is 302 g/mol. The second kappa shape index (κ2) is 4.37. The molecule has 0 fully saturated rings. The summed E-state index contributed by atoms with van der Waals surface area (Å²) in [7, 11) is 0. The van der Waals surface area contributed by atoms with Gasteiger partial charge in [-0.3, -0.25) is 0 Å². The smallest absolute Gasteiger partial charge is 0.122 e. The standard InChI is InChI=1S/C11H11BrOS2/c1-6-3-4-9(14-6)11(13)10-5-8(12)7(2)15-10/h3-5,11,13H,1-2H3. The van der Waals surface area contributed by atoms with Crippen molar-refractivity contribution in [3.63, 3.8) is 0 Å². The van der Waals surface area contributed by atoms with Crippen LogP contribution in [0.5, 0.6) is 0 Å². The van der Waals surface area contributed by atoms with Crippen molar-refractivity contribution >= 4 is 38.6 Å². The maximum Gasteiger partial charge on any atom is 0.122 e. The Kier molecular flexibility index (Phi) is 3.30. The Morgan fingerprint density at radius 2 is 1.93 bits per heavy atom. The molecule has 1 nitrogen and oxygen atoms in total. The molecule has 2 heterocycles. The lowest BCUT2D eigenvalue weighted by molar-refractivity contribution is 0.228. The first-order valence-electron chi connectivity index (χ1n) is 4.58. The summed E-state index contributed by atoms with van der Waals surface area (Å²) in [5, 5.41) is 10.1. The first-order chi connectivity index (χ1) is 7.08. The predicted octanol–water partition coefficient (Wildman–Crippen LogP) is 4.27. The molecule has 2 aromatic rings. The van der Waals surface area contributed by atoms with Crippen molar-refractivity contribution in [2.24, 2.45) is 0 Å². The fourth-order valence-electron chi connectivity index (χ4n) is 1.36. The van der Waals surface area contributed by atoms with E-state index >= 15 is 0 Å². The molecular formula is C11H11BrOS2. The van der Waals surface area contributed by atoms with Crippen LogP contribution in [0, 0.1) is 13.8 Å². The van der Waals surface area contributed by atoms with Crippen LogP contribution in [0.15, 0.2) is 22.7 Å². The Bertz CT molecular complexity index is 453. The third-order valence-corrected chi connectivity index (χ3v) is 5.42. The van der Waals surface area contributed by atoms with Crippen LogP contribution in [0.1, 0.15) is 25.6 Å². The lowest BCUT2D eigenvalue weighted by Gasteiger charge is -2.04. The summed E-state index contributed by atoms with van der Waals surface area (Å²) in [5.41, 5.74) is 0. The first kappa shape index (κ1) is 11.3. The van der Waals surface area contributed by atoms with E-state index < -0.39 is 6.10 Å². The molecular weight excluding hydrogens is 292 g/mol. The zero-order chi connectivity index (χ0) is 11.0. The molecule has 1 unspecified atom stereocenters. The number of hydrogen-bond donors (Lipinski definition) is 1. The molecule has 0 saturated carbocycles. The van der Waals surface area contributed by atoms with E-state index in [1.807, 2.05) is 25.1 Å². The molecule has 0 aromatic carbocycles. The van der Waals surface area contributed by atoms with Crippen LogP contribution in [0.3, 0.4) is 0 Å². The van der Waals surface area contributed by atoms with Crippen LogP contribution in [0.2, 0.25) is 0 Å². The zero-order valence-corrected chi connectivity index (χ0v) is 11.7. The molecule has 0 aliphatic carbocycles. The fourth-order valence-corrected chi connectivity index (χ4v) is 3.88. The van der Waals surface area contributed by atoms with Crippen LogP contribution in [0.25, 0.3) is 0 Å². The van der Waals surface area contributed by atoms with E-state index in [0.29, 0.717) is 0 Å². The largest absolute Gasteiger partial charge is 0.382 e. The molecule has 0 radical (unpaired) electrons. The van der Waals surface area contributed by atoms with E-state index in [-0.39, 0.29) is 0 Å². The highest BCUT2D eigenvalue weighted by atomic mass is 79.9. The van der Waals surface area contributed by atoms with E-state index in [1.54, 1.807) is 22.7 Å². The molecule has 0 spiro atoms. The number of aliphatic hydroxyl groups is 1. The van der Waals surface area contributed by atoms with Gasteiger partial charge in [0.05, 0.1) is 0 Å². The van der Waals surface area contributed by atoms with Crippen LogP contribution < -0.4 is 0 Å². The molecule has 0 aliphatic heterocycles. The quantitative estimate of drug-likeness (QED) is 0.878. The van der Waals surface area contributed by atoms with Gasteiger partial charge in [-0.2, -0.15) is 0 Å². The fraction of sp³-hybridized carbons (Fsp3) is 0.273.